The van der Waals surface area contributed by atoms with E-state index < -0.39 is 5.97 Å². The fraction of sp³-hybridized carbons (Fsp3) is 0.267. The van der Waals surface area contributed by atoms with Gasteiger partial charge in [-0.1, -0.05) is 31.2 Å². The molecule has 1 N–H and O–H groups in total. The molecule has 0 heterocycles. The summed E-state index contributed by atoms with van der Waals surface area (Å²) in [5, 5.41) is 10.7. The van der Waals surface area contributed by atoms with Gasteiger partial charge in [0.15, 0.2) is 0 Å². The van der Waals surface area contributed by atoms with Crippen molar-refractivity contribution >= 4 is 16.7 Å². The van der Waals surface area contributed by atoms with Crippen molar-refractivity contribution in [1.29, 1.82) is 0 Å². The number of carboxylic acid groups (broad SMARTS) is 1. The van der Waals surface area contributed by atoms with Gasteiger partial charge in [-0.05, 0) is 30.9 Å². The first-order chi connectivity index (χ1) is 8.63. The second kappa shape index (κ2) is 5.08. The number of hydrogen-bond acceptors (Lipinski definition) is 2. The smallest absolute Gasteiger partial charge is 0.336 e. The average molecular weight is 244 g/mol. The lowest BCUT2D eigenvalue weighted by Crippen LogP contribution is -2.10. The van der Waals surface area contributed by atoms with E-state index in [2.05, 4.69) is 6.92 Å². The van der Waals surface area contributed by atoms with E-state index in [0.29, 0.717) is 10.9 Å². The van der Waals surface area contributed by atoms with Crippen LogP contribution in [0.2, 0.25) is 0 Å². The number of rotatable bonds is 4. The van der Waals surface area contributed by atoms with Gasteiger partial charge in [0.05, 0.1) is 11.7 Å². The third-order valence-electron chi connectivity index (χ3n) is 3.02. The Morgan fingerprint density at radius 2 is 1.89 bits per heavy atom. The van der Waals surface area contributed by atoms with Gasteiger partial charge in [-0.3, -0.25) is 0 Å². The molecular formula is C15H16O3. The minimum absolute atomic E-state index is 0.115. The number of carbonyl (C=O) groups is 1. The number of hydrogen-bond donors (Lipinski definition) is 1. The quantitative estimate of drug-likeness (QED) is 0.891. The van der Waals surface area contributed by atoms with E-state index in [1.807, 2.05) is 31.2 Å². The van der Waals surface area contributed by atoms with Gasteiger partial charge in [0.1, 0.15) is 5.75 Å². The van der Waals surface area contributed by atoms with Gasteiger partial charge >= 0.3 is 5.97 Å². The monoisotopic (exact) mass is 244 g/mol. The van der Waals surface area contributed by atoms with Gasteiger partial charge in [-0.15, -0.1) is 0 Å². The Hall–Kier alpha value is -2.03. The maximum absolute atomic E-state index is 11.2. The Morgan fingerprint density at radius 3 is 2.50 bits per heavy atom. The fourth-order valence-corrected chi connectivity index (χ4v) is 1.86. The van der Waals surface area contributed by atoms with E-state index in [4.69, 9.17) is 9.84 Å². The summed E-state index contributed by atoms with van der Waals surface area (Å²) in [6.07, 6.45) is 1.03. The molecule has 0 aliphatic heterocycles. The first-order valence-electron chi connectivity index (χ1n) is 6.05. The molecule has 1 atom stereocenters. The predicted octanol–water partition coefficient (Wildman–Crippen LogP) is 3.72. The molecule has 18 heavy (non-hydrogen) atoms. The van der Waals surface area contributed by atoms with Crippen LogP contribution in [0.3, 0.4) is 0 Å². The lowest BCUT2D eigenvalue weighted by atomic mass is 10.0. The van der Waals surface area contributed by atoms with Crippen molar-refractivity contribution in [3.05, 3.63) is 42.0 Å². The molecule has 0 radical (unpaired) electrons. The number of aromatic carboxylic acids is 1. The van der Waals surface area contributed by atoms with Crippen LogP contribution in [0.4, 0.5) is 0 Å². The van der Waals surface area contributed by atoms with Crippen LogP contribution in [0.5, 0.6) is 5.75 Å². The van der Waals surface area contributed by atoms with Crippen molar-refractivity contribution in [1.82, 2.24) is 0 Å². The lowest BCUT2D eigenvalue weighted by Gasteiger charge is -2.15. The van der Waals surface area contributed by atoms with E-state index >= 15 is 0 Å². The molecule has 0 fully saturated rings. The Labute approximate surface area is 106 Å². The number of carboxylic acids is 1. The summed E-state index contributed by atoms with van der Waals surface area (Å²) in [5.74, 6) is -0.175. The summed E-state index contributed by atoms with van der Waals surface area (Å²) in [5.41, 5.74) is 0.308. The molecule has 2 aromatic carbocycles. The van der Waals surface area contributed by atoms with E-state index in [1.165, 1.54) is 0 Å². The van der Waals surface area contributed by atoms with Gasteiger partial charge in [0.2, 0.25) is 0 Å². The van der Waals surface area contributed by atoms with Crippen molar-refractivity contribution in [2.45, 2.75) is 26.4 Å². The van der Waals surface area contributed by atoms with Crippen LogP contribution >= 0.6 is 0 Å². The molecule has 2 aromatic rings. The number of fused-ring (bicyclic) bond motifs is 1. The Bertz CT molecular complexity index is 575. The van der Waals surface area contributed by atoms with Crippen LogP contribution in [-0.2, 0) is 0 Å². The van der Waals surface area contributed by atoms with Crippen LogP contribution in [0.25, 0.3) is 10.8 Å². The van der Waals surface area contributed by atoms with Crippen molar-refractivity contribution in [3.63, 3.8) is 0 Å². The zero-order valence-electron chi connectivity index (χ0n) is 10.5. The van der Waals surface area contributed by atoms with Gasteiger partial charge < -0.3 is 9.84 Å². The third-order valence-corrected chi connectivity index (χ3v) is 3.02. The molecule has 0 aliphatic rings. The first-order valence-corrected chi connectivity index (χ1v) is 6.05. The highest BCUT2D eigenvalue weighted by atomic mass is 16.5. The standard InChI is InChI=1S/C15H16O3/c1-3-10(2)18-14-9-8-13(15(16)17)11-6-4-5-7-12(11)14/h4-10H,3H2,1-2H3,(H,16,17). The second-order valence-electron chi connectivity index (χ2n) is 4.30. The molecule has 2 rings (SSSR count). The van der Waals surface area contributed by atoms with Crippen molar-refractivity contribution in [3.8, 4) is 5.75 Å². The normalized spacial score (nSPS) is 12.3. The van der Waals surface area contributed by atoms with Crippen LogP contribution in [0, 0.1) is 0 Å². The van der Waals surface area contributed by atoms with Gasteiger partial charge in [-0.2, -0.15) is 0 Å². The molecule has 0 saturated carbocycles. The Balaban J connectivity index is 2.57. The molecule has 3 nitrogen and oxygen atoms in total. The second-order valence-corrected chi connectivity index (χ2v) is 4.30. The largest absolute Gasteiger partial charge is 0.490 e. The highest BCUT2D eigenvalue weighted by Crippen LogP contribution is 2.29. The molecule has 0 aromatic heterocycles. The molecular weight excluding hydrogens is 228 g/mol. The molecule has 0 amide bonds. The highest BCUT2D eigenvalue weighted by molar-refractivity contribution is 6.05. The Kier molecular flexibility index (Phi) is 3.51. The minimum atomic E-state index is -0.915. The summed E-state index contributed by atoms with van der Waals surface area (Å²) in [4.78, 5) is 11.2. The van der Waals surface area contributed by atoms with E-state index in [-0.39, 0.29) is 6.10 Å². The van der Waals surface area contributed by atoms with Gasteiger partial charge in [0.25, 0.3) is 0 Å². The van der Waals surface area contributed by atoms with Crippen molar-refractivity contribution < 1.29 is 14.6 Å². The summed E-state index contributed by atoms with van der Waals surface area (Å²) >= 11 is 0. The summed E-state index contributed by atoms with van der Waals surface area (Å²) in [6.45, 7) is 4.05. The van der Waals surface area contributed by atoms with Gasteiger partial charge in [0, 0.05) is 5.39 Å². The number of ether oxygens (including phenoxy) is 1. The van der Waals surface area contributed by atoms with Crippen LogP contribution in [-0.4, -0.2) is 17.2 Å². The fourth-order valence-electron chi connectivity index (χ4n) is 1.86. The van der Waals surface area contributed by atoms with E-state index in [0.717, 1.165) is 17.6 Å². The number of benzene rings is 2. The topological polar surface area (TPSA) is 46.5 Å². The molecule has 0 spiro atoms. The molecule has 0 saturated heterocycles. The molecule has 1 unspecified atom stereocenters. The molecule has 0 bridgehead atoms. The maximum atomic E-state index is 11.2. The van der Waals surface area contributed by atoms with Crippen LogP contribution < -0.4 is 4.74 Å². The zero-order chi connectivity index (χ0) is 13.1. The minimum Gasteiger partial charge on any atom is -0.490 e. The predicted molar refractivity (Wildman–Crippen MR) is 71.3 cm³/mol. The SMILES string of the molecule is CCC(C)Oc1ccc(C(=O)O)c2ccccc12. The van der Waals surface area contributed by atoms with E-state index in [1.54, 1.807) is 12.1 Å². The lowest BCUT2D eigenvalue weighted by molar-refractivity contribution is 0.0699. The summed E-state index contributed by atoms with van der Waals surface area (Å²) < 4.78 is 5.82. The molecule has 3 heteroatoms. The van der Waals surface area contributed by atoms with Crippen LogP contribution in [0.1, 0.15) is 30.6 Å². The summed E-state index contributed by atoms with van der Waals surface area (Å²) in [6, 6.07) is 10.8. The highest BCUT2D eigenvalue weighted by Gasteiger charge is 2.12. The zero-order valence-corrected chi connectivity index (χ0v) is 10.5. The molecule has 94 valence electrons. The van der Waals surface area contributed by atoms with Crippen LogP contribution in [0.15, 0.2) is 36.4 Å². The summed E-state index contributed by atoms with van der Waals surface area (Å²) in [7, 11) is 0. The Morgan fingerprint density at radius 1 is 1.22 bits per heavy atom. The van der Waals surface area contributed by atoms with E-state index in [9.17, 15) is 4.79 Å². The van der Waals surface area contributed by atoms with Crippen molar-refractivity contribution in [2.75, 3.05) is 0 Å². The van der Waals surface area contributed by atoms with Crippen molar-refractivity contribution in [2.24, 2.45) is 0 Å². The van der Waals surface area contributed by atoms with Gasteiger partial charge in [-0.25, -0.2) is 4.79 Å². The first kappa shape index (κ1) is 12.4. The molecule has 0 aliphatic carbocycles. The average Bonchev–Trinajstić information content (AvgIpc) is 2.38. The third kappa shape index (κ3) is 2.30. The maximum Gasteiger partial charge on any atom is 0.336 e.